The third-order valence-corrected chi connectivity index (χ3v) is 3.21. The van der Waals surface area contributed by atoms with Crippen LogP contribution in [0.2, 0.25) is 0 Å². The molecule has 0 aliphatic heterocycles. The maximum Gasteiger partial charge on any atom is 0.186 e. The van der Waals surface area contributed by atoms with Crippen LogP contribution in [0, 0.1) is 5.82 Å². The van der Waals surface area contributed by atoms with Crippen LogP contribution in [-0.4, -0.2) is 26.3 Å². The van der Waals surface area contributed by atoms with Crippen molar-refractivity contribution in [2.45, 2.75) is 5.16 Å². The minimum Gasteiger partial charge on any atom is -0.293 e. The van der Waals surface area contributed by atoms with Gasteiger partial charge in [-0.15, -0.1) is 0 Å². The molecule has 0 radical (unpaired) electrons. The number of aryl methyl sites for hydroxylation is 1. The monoisotopic (exact) mass is 251 g/mol. The highest BCUT2D eigenvalue weighted by atomic mass is 32.2. The Kier molecular flexibility index (Phi) is 3.53. The molecule has 1 aromatic carbocycles. The lowest BCUT2D eigenvalue weighted by molar-refractivity contribution is 0.101. The third-order valence-electron chi connectivity index (χ3n) is 2.18. The predicted octanol–water partition coefficient (Wildman–Crippen LogP) is 1.93. The molecule has 17 heavy (non-hydrogen) atoms. The molecule has 0 unspecified atom stereocenters. The molecule has 0 fully saturated rings. The van der Waals surface area contributed by atoms with E-state index < -0.39 is 5.82 Å². The lowest BCUT2D eigenvalue weighted by Gasteiger charge is -2.01. The average molecular weight is 251 g/mol. The van der Waals surface area contributed by atoms with Crippen LogP contribution < -0.4 is 0 Å². The maximum absolute atomic E-state index is 13.3. The number of Topliss-reactive ketones (excluding diaryl/α,β-unsaturated/α-hetero) is 1. The van der Waals surface area contributed by atoms with Crippen molar-refractivity contribution in [2.24, 2.45) is 7.05 Å². The van der Waals surface area contributed by atoms with Crippen molar-refractivity contribution >= 4 is 17.5 Å². The summed E-state index contributed by atoms with van der Waals surface area (Å²) in [5.41, 5.74) is 0.113. The number of nitrogens with zero attached hydrogens (tertiary/aromatic N) is 3. The summed E-state index contributed by atoms with van der Waals surface area (Å²) >= 11 is 1.24. The number of hydrogen-bond acceptors (Lipinski definition) is 4. The second-order valence-electron chi connectivity index (χ2n) is 3.36. The van der Waals surface area contributed by atoms with Crippen LogP contribution in [0.15, 0.2) is 35.7 Å². The van der Waals surface area contributed by atoms with Crippen LogP contribution in [0.5, 0.6) is 0 Å². The number of benzene rings is 1. The molecule has 0 aliphatic rings. The Morgan fingerprint density at radius 3 is 2.88 bits per heavy atom. The van der Waals surface area contributed by atoms with Crippen LogP contribution in [0.25, 0.3) is 0 Å². The Bertz CT molecular complexity index is 541. The third kappa shape index (κ3) is 2.71. The summed E-state index contributed by atoms with van der Waals surface area (Å²) in [6.07, 6.45) is 1.41. The van der Waals surface area contributed by atoms with E-state index in [0.717, 1.165) is 0 Å². The first-order valence-corrected chi connectivity index (χ1v) is 5.91. The van der Waals surface area contributed by atoms with Crippen LogP contribution in [0.4, 0.5) is 4.39 Å². The molecule has 0 N–H and O–H groups in total. The van der Waals surface area contributed by atoms with Crippen molar-refractivity contribution in [1.29, 1.82) is 0 Å². The zero-order valence-electron chi connectivity index (χ0n) is 9.13. The van der Waals surface area contributed by atoms with Crippen molar-refractivity contribution in [1.82, 2.24) is 14.8 Å². The van der Waals surface area contributed by atoms with E-state index in [0.29, 0.717) is 5.16 Å². The van der Waals surface area contributed by atoms with E-state index in [4.69, 9.17) is 0 Å². The Labute approximate surface area is 102 Å². The molecule has 1 heterocycles. The van der Waals surface area contributed by atoms with Gasteiger partial charge in [-0.05, 0) is 12.1 Å². The van der Waals surface area contributed by atoms with Crippen molar-refractivity contribution in [3.63, 3.8) is 0 Å². The van der Waals surface area contributed by atoms with Gasteiger partial charge in [0, 0.05) is 7.05 Å². The summed E-state index contributed by atoms with van der Waals surface area (Å²) in [5, 5.41) is 4.52. The van der Waals surface area contributed by atoms with Gasteiger partial charge < -0.3 is 0 Å². The number of carbonyl (C=O) groups is 1. The highest BCUT2D eigenvalue weighted by Crippen LogP contribution is 2.16. The number of rotatable bonds is 4. The minimum atomic E-state index is -0.490. The smallest absolute Gasteiger partial charge is 0.186 e. The molecular weight excluding hydrogens is 241 g/mol. The highest BCUT2D eigenvalue weighted by molar-refractivity contribution is 7.99. The fraction of sp³-hybridized carbons (Fsp3) is 0.182. The predicted molar refractivity (Wildman–Crippen MR) is 62.5 cm³/mol. The molecule has 0 aliphatic carbocycles. The second kappa shape index (κ2) is 5.09. The van der Waals surface area contributed by atoms with Crippen LogP contribution in [0.1, 0.15) is 10.4 Å². The Morgan fingerprint density at radius 2 is 2.24 bits per heavy atom. The quantitative estimate of drug-likeness (QED) is 0.615. The Balaban J connectivity index is 2.04. The van der Waals surface area contributed by atoms with Gasteiger partial charge in [-0.25, -0.2) is 14.1 Å². The van der Waals surface area contributed by atoms with Crippen LogP contribution in [-0.2, 0) is 7.05 Å². The summed E-state index contributed by atoms with van der Waals surface area (Å²) in [6.45, 7) is 0. The van der Waals surface area contributed by atoms with Crippen LogP contribution >= 0.6 is 11.8 Å². The van der Waals surface area contributed by atoms with Gasteiger partial charge in [-0.2, -0.15) is 5.10 Å². The zero-order valence-corrected chi connectivity index (χ0v) is 9.95. The number of aromatic nitrogens is 3. The van der Waals surface area contributed by atoms with Crippen molar-refractivity contribution in [3.05, 3.63) is 42.0 Å². The topological polar surface area (TPSA) is 47.8 Å². The number of carbonyl (C=O) groups excluding carboxylic acids is 1. The van der Waals surface area contributed by atoms with E-state index in [1.54, 1.807) is 23.9 Å². The molecule has 2 aromatic rings. The Hall–Kier alpha value is -1.69. The largest absolute Gasteiger partial charge is 0.293 e. The van der Waals surface area contributed by atoms with E-state index in [-0.39, 0.29) is 17.1 Å². The minimum absolute atomic E-state index is 0.113. The lowest BCUT2D eigenvalue weighted by Crippen LogP contribution is -2.06. The molecular formula is C11H10FN3OS. The lowest BCUT2D eigenvalue weighted by atomic mass is 10.1. The summed E-state index contributed by atoms with van der Waals surface area (Å²) in [4.78, 5) is 15.7. The van der Waals surface area contributed by atoms with Crippen molar-refractivity contribution in [3.8, 4) is 0 Å². The van der Waals surface area contributed by atoms with Crippen molar-refractivity contribution in [2.75, 3.05) is 5.75 Å². The number of halogens is 1. The first-order valence-electron chi connectivity index (χ1n) is 4.93. The first kappa shape index (κ1) is 11.8. The van der Waals surface area contributed by atoms with Gasteiger partial charge in [0.15, 0.2) is 10.9 Å². The first-order chi connectivity index (χ1) is 8.18. The molecule has 88 valence electrons. The summed E-state index contributed by atoms with van der Waals surface area (Å²) in [7, 11) is 1.74. The van der Waals surface area contributed by atoms with Gasteiger partial charge in [-0.1, -0.05) is 23.9 Å². The van der Waals surface area contributed by atoms with E-state index in [2.05, 4.69) is 10.1 Å². The van der Waals surface area contributed by atoms with E-state index in [1.165, 1.54) is 30.2 Å². The van der Waals surface area contributed by atoms with E-state index >= 15 is 0 Å². The number of thioether (sulfide) groups is 1. The molecule has 0 bridgehead atoms. The molecule has 0 saturated carbocycles. The fourth-order valence-electron chi connectivity index (χ4n) is 1.31. The number of hydrogen-bond donors (Lipinski definition) is 0. The normalized spacial score (nSPS) is 10.5. The van der Waals surface area contributed by atoms with E-state index in [9.17, 15) is 9.18 Å². The molecule has 0 saturated heterocycles. The molecule has 6 heteroatoms. The molecule has 4 nitrogen and oxygen atoms in total. The van der Waals surface area contributed by atoms with Gasteiger partial charge in [0.05, 0.1) is 11.3 Å². The summed E-state index contributed by atoms with van der Waals surface area (Å²) in [6, 6.07) is 5.96. The van der Waals surface area contributed by atoms with Gasteiger partial charge in [0.2, 0.25) is 0 Å². The van der Waals surface area contributed by atoms with Gasteiger partial charge in [0.25, 0.3) is 0 Å². The van der Waals surface area contributed by atoms with Crippen LogP contribution in [0.3, 0.4) is 0 Å². The standard InChI is InChI=1S/C11H10FN3OS/c1-15-11(13-7-14-15)17-6-10(16)8-4-2-3-5-9(8)12/h2-5,7H,6H2,1H3. The molecule has 0 spiro atoms. The molecule has 1 aromatic heterocycles. The van der Waals surface area contributed by atoms with Gasteiger partial charge >= 0.3 is 0 Å². The zero-order chi connectivity index (χ0) is 12.3. The second-order valence-corrected chi connectivity index (χ2v) is 4.30. The SMILES string of the molecule is Cn1ncnc1SCC(=O)c1ccccc1F. The highest BCUT2D eigenvalue weighted by Gasteiger charge is 2.12. The average Bonchev–Trinajstić information content (AvgIpc) is 2.72. The van der Waals surface area contributed by atoms with Gasteiger partial charge in [-0.3, -0.25) is 4.79 Å². The Morgan fingerprint density at radius 1 is 1.47 bits per heavy atom. The van der Waals surface area contributed by atoms with Gasteiger partial charge in [0.1, 0.15) is 12.1 Å². The summed E-state index contributed by atoms with van der Waals surface area (Å²) in [5.74, 6) is -0.597. The van der Waals surface area contributed by atoms with E-state index in [1.807, 2.05) is 0 Å². The molecule has 2 rings (SSSR count). The van der Waals surface area contributed by atoms with Crippen molar-refractivity contribution < 1.29 is 9.18 Å². The summed E-state index contributed by atoms with van der Waals surface area (Å²) < 4.78 is 14.9. The maximum atomic E-state index is 13.3. The molecule has 0 amide bonds. The fourth-order valence-corrected chi connectivity index (χ4v) is 2.08. The molecule has 0 atom stereocenters. The number of ketones is 1.